The predicted octanol–water partition coefficient (Wildman–Crippen LogP) is -0.880. The second-order valence-electron chi connectivity index (χ2n) is 0.970. The van der Waals surface area contributed by atoms with Crippen molar-refractivity contribution in [2.24, 2.45) is 15.8 Å². The summed E-state index contributed by atoms with van der Waals surface area (Å²) in [6.45, 7) is 0. The van der Waals surface area contributed by atoms with Crippen molar-refractivity contribution in [3.63, 3.8) is 0 Å². The Balaban J connectivity index is 2.69. The van der Waals surface area contributed by atoms with Crippen molar-refractivity contribution < 1.29 is 0 Å². The molecule has 1 aliphatic rings. The van der Waals surface area contributed by atoms with Gasteiger partial charge in [0.2, 0.25) is 11.1 Å². The molecule has 0 aromatic heterocycles. The number of aliphatic imine (C=N–C) groups is 1. The van der Waals surface area contributed by atoms with Crippen molar-refractivity contribution in [3.8, 4) is 0 Å². The first-order valence-corrected chi connectivity index (χ1v) is 2.05. The van der Waals surface area contributed by atoms with Gasteiger partial charge in [-0.15, -0.1) is 23.2 Å². The van der Waals surface area contributed by atoms with Gasteiger partial charge in [0.15, 0.2) is 0 Å². The smallest absolute Gasteiger partial charge is 0.242 e. The average molecular weight is 115 g/mol. The van der Waals surface area contributed by atoms with Crippen LogP contribution >= 0.6 is 12.6 Å². The van der Waals surface area contributed by atoms with Crippen LogP contribution in [0, 0.1) is 0 Å². The molecule has 0 spiro atoms. The van der Waals surface area contributed by atoms with Crippen molar-refractivity contribution in [2.75, 3.05) is 0 Å². The molecule has 5 heteroatoms. The topological polar surface area (TPSA) is 64.8 Å². The summed E-state index contributed by atoms with van der Waals surface area (Å²) in [6, 6.07) is 0. The van der Waals surface area contributed by atoms with E-state index >= 15 is 0 Å². The van der Waals surface area contributed by atoms with Crippen LogP contribution in [0.15, 0.2) is 10.1 Å². The van der Waals surface area contributed by atoms with Gasteiger partial charge in [0, 0.05) is 0 Å². The first-order valence-electron chi connectivity index (χ1n) is 1.61. The minimum Gasteiger partial charge on any atom is -0.366 e. The molecule has 0 aromatic carbocycles. The molecule has 1 radical (unpaired) electrons. The SMILES string of the molecule is NC1=N[N]C(S)=N1. The molecule has 0 aliphatic carbocycles. The highest BCUT2D eigenvalue weighted by Crippen LogP contribution is 1.89. The van der Waals surface area contributed by atoms with Crippen LogP contribution in [-0.4, -0.2) is 11.1 Å². The number of rotatable bonds is 0. The minimum atomic E-state index is 0.171. The van der Waals surface area contributed by atoms with Crippen LogP contribution in [0.4, 0.5) is 0 Å². The molecule has 0 atom stereocenters. The van der Waals surface area contributed by atoms with Gasteiger partial charge in [-0.2, -0.15) is 4.99 Å². The Bertz CT molecular complexity index is 137. The summed E-state index contributed by atoms with van der Waals surface area (Å²) in [5, 5.41) is 3.67. The first-order chi connectivity index (χ1) is 3.29. The van der Waals surface area contributed by atoms with Crippen LogP contribution in [0.3, 0.4) is 0 Å². The summed E-state index contributed by atoms with van der Waals surface area (Å²) in [5.74, 6) is 0.171. The van der Waals surface area contributed by atoms with E-state index in [0.29, 0.717) is 5.17 Å². The fraction of sp³-hybridized carbons (Fsp3) is 0. The predicted molar refractivity (Wildman–Crippen MR) is 30.2 cm³/mol. The Labute approximate surface area is 45.9 Å². The van der Waals surface area contributed by atoms with Crippen LogP contribution < -0.4 is 11.2 Å². The molecule has 0 saturated carbocycles. The molecule has 7 heavy (non-hydrogen) atoms. The van der Waals surface area contributed by atoms with E-state index in [9.17, 15) is 0 Å². The van der Waals surface area contributed by atoms with Gasteiger partial charge >= 0.3 is 0 Å². The van der Waals surface area contributed by atoms with Crippen LogP contribution in [-0.2, 0) is 0 Å². The lowest BCUT2D eigenvalue weighted by Gasteiger charge is -1.73. The van der Waals surface area contributed by atoms with Gasteiger partial charge in [-0.25, -0.2) is 0 Å². The summed E-state index contributed by atoms with van der Waals surface area (Å²) in [6.07, 6.45) is 0. The monoisotopic (exact) mass is 115 g/mol. The van der Waals surface area contributed by atoms with Crippen LogP contribution in [0.1, 0.15) is 0 Å². The van der Waals surface area contributed by atoms with E-state index < -0.39 is 0 Å². The molecule has 0 fully saturated rings. The van der Waals surface area contributed by atoms with Gasteiger partial charge in [-0.1, -0.05) is 0 Å². The molecule has 2 N–H and O–H groups in total. The third kappa shape index (κ3) is 0.833. The Morgan fingerprint density at radius 1 is 1.57 bits per heavy atom. The summed E-state index contributed by atoms with van der Waals surface area (Å²) < 4.78 is 0. The molecule has 0 bridgehead atoms. The first kappa shape index (κ1) is 4.45. The standard InChI is InChI=1S/C2H3N4S/c3-1-4-2(7)6-5-1/h(H3,3,4,5,7). The second kappa shape index (κ2) is 1.42. The number of nitrogens with zero attached hydrogens (tertiary/aromatic N) is 3. The van der Waals surface area contributed by atoms with Gasteiger partial charge in [-0.3, -0.25) is 0 Å². The molecule has 0 saturated heterocycles. The fourth-order valence-corrected chi connectivity index (χ4v) is 0.390. The quantitative estimate of drug-likeness (QED) is 0.395. The van der Waals surface area contributed by atoms with Crippen molar-refractivity contribution >= 4 is 23.8 Å². The van der Waals surface area contributed by atoms with Crippen molar-refractivity contribution in [3.05, 3.63) is 0 Å². The largest absolute Gasteiger partial charge is 0.366 e. The molecule has 0 amide bonds. The van der Waals surface area contributed by atoms with Gasteiger partial charge in [0.1, 0.15) is 0 Å². The molecular weight excluding hydrogens is 112 g/mol. The zero-order valence-corrected chi connectivity index (χ0v) is 4.26. The van der Waals surface area contributed by atoms with Crippen LogP contribution in [0.5, 0.6) is 0 Å². The van der Waals surface area contributed by atoms with Gasteiger partial charge in [-0.05, 0) is 0 Å². The van der Waals surface area contributed by atoms with Crippen molar-refractivity contribution in [1.29, 1.82) is 0 Å². The van der Waals surface area contributed by atoms with Crippen molar-refractivity contribution in [1.82, 2.24) is 5.43 Å². The zero-order chi connectivity index (χ0) is 5.28. The second-order valence-corrected chi connectivity index (χ2v) is 1.37. The van der Waals surface area contributed by atoms with Gasteiger partial charge in [0.25, 0.3) is 0 Å². The highest BCUT2D eigenvalue weighted by Gasteiger charge is 2.01. The Kier molecular flexibility index (Phi) is 0.900. The third-order valence-electron chi connectivity index (χ3n) is 0.456. The fourth-order valence-electron chi connectivity index (χ4n) is 0.243. The van der Waals surface area contributed by atoms with Crippen LogP contribution in [0.2, 0.25) is 0 Å². The molecule has 0 unspecified atom stereocenters. The molecular formula is C2H3N4S. The zero-order valence-electron chi connectivity index (χ0n) is 3.37. The summed E-state index contributed by atoms with van der Waals surface area (Å²) >= 11 is 3.74. The maximum absolute atomic E-state index is 5.04. The van der Waals surface area contributed by atoms with Gasteiger partial charge in [0.05, 0.1) is 0 Å². The van der Waals surface area contributed by atoms with Crippen LogP contribution in [0.25, 0.3) is 0 Å². The Hall–Kier alpha value is -0.710. The van der Waals surface area contributed by atoms with E-state index in [0.717, 1.165) is 0 Å². The third-order valence-corrected chi connectivity index (χ3v) is 0.646. The van der Waals surface area contributed by atoms with E-state index in [-0.39, 0.29) is 5.96 Å². The van der Waals surface area contributed by atoms with Gasteiger partial charge < -0.3 is 5.73 Å². The normalized spacial score (nSPS) is 17.9. The van der Waals surface area contributed by atoms with E-state index in [1.165, 1.54) is 0 Å². The Morgan fingerprint density at radius 2 is 2.29 bits per heavy atom. The lowest BCUT2D eigenvalue weighted by Crippen LogP contribution is -2.03. The number of amidine groups is 1. The van der Waals surface area contributed by atoms with E-state index in [1.807, 2.05) is 0 Å². The number of nitrogens with two attached hydrogens (primary N) is 1. The summed E-state index contributed by atoms with van der Waals surface area (Å²) in [4.78, 5) is 3.53. The van der Waals surface area contributed by atoms with E-state index in [4.69, 9.17) is 5.73 Å². The molecule has 0 aromatic rings. The summed E-state index contributed by atoms with van der Waals surface area (Å²) in [5.41, 5.74) is 8.44. The van der Waals surface area contributed by atoms with Crippen molar-refractivity contribution in [2.45, 2.75) is 0 Å². The molecule has 4 nitrogen and oxygen atoms in total. The number of hydrogen-bond acceptors (Lipinski definition) is 3. The molecule has 37 valence electrons. The average Bonchev–Trinajstić information content (AvgIpc) is 1.87. The maximum Gasteiger partial charge on any atom is 0.242 e. The Morgan fingerprint density at radius 3 is 2.43 bits per heavy atom. The number of hydrogen-bond donors (Lipinski definition) is 2. The number of guanidine groups is 1. The maximum atomic E-state index is 5.04. The highest BCUT2D eigenvalue weighted by molar-refractivity contribution is 7.96. The van der Waals surface area contributed by atoms with E-state index in [1.54, 1.807) is 0 Å². The van der Waals surface area contributed by atoms with E-state index in [2.05, 4.69) is 28.1 Å². The molecule has 1 rings (SSSR count). The lowest BCUT2D eigenvalue weighted by atomic mass is 11.1. The number of thiol groups is 1. The summed E-state index contributed by atoms with van der Waals surface area (Å²) in [7, 11) is 0. The lowest BCUT2D eigenvalue weighted by molar-refractivity contribution is 1.05. The molecule has 1 heterocycles. The highest BCUT2D eigenvalue weighted by atomic mass is 32.1. The molecule has 1 aliphatic heterocycles. The minimum absolute atomic E-state index is 0.171.